The first-order valence-electron chi connectivity index (χ1n) is 9.47. The molecule has 0 heterocycles. The molecule has 0 saturated carbocycles. The van der Waals surface area contributed by atoms with E-state index in [9.17, 15) is 5.11 Å². The van der Waals surface area contributed by atoms with Crippen molar-refractivity contribution in [3.8, 4) is 28.4 Å². The molecule has 5 rings (SSSR count). The number of anilines is 1. The van der Waals surface area contributed by atoms with Gasteiger partial charge in [-0.15, -0.1) is 0 Å². The lowest BCUT2D eigenvalue weighted by Crippen LogP contribution is -1.92. The summed E-state index contributed by atoms with van der Waals surface area (Å²) in [7, 11) is 0. The summed E-state index contributed by atoms with van der Waals surface area (Å²) in [5.41, 5.74) is 8.19. The monoisotopic (exact) mass is 377 g/mol. The van der Waals surface area contributed by atoms with Crippen molar-refractivity contribution in [2.45, 2.75) is 0 Å². The second-order valence-corrected chi connectivity index (χ2v) is 7.01. The van der Waals surface area contributed by atoms with Gasteiger partial charge in [-0.25, -0.2) is 0 Å². The zero-order chi connectivity index (χ0) is 19.8. The largest absolute Gasteiger partial charge is 0.506 e. The van der Waals surface area contributed by atoms with Crippen molar-refractivity contribution >= 4 is 27.2 Å². The molecule has 0 amide bonds. The smallest absolute Gasteiger partial charge is 0.142 e. The molecule has 0 saturated heterocycles. The molecule has 5 aromatic carbocycles. The van der Waals surface area contributed by atoms with Crippen LogP contribution in [0.4, 0.5) is 5.69 Å². The van der Waals surface area contributed by atoms with Gasteiger partial charge in [0, 0.05) is 11.6 Å². The molecule has 0 aliphatic heterocycles. The molecule has 3 N–H and O–H groups in total. The van der Waals surface area contributed by atoms with Crippen LogP contribution in [0.15, 0.2) is 97.1 Å². The zero-order valence-corrected chi connectivity index (χ0v) is 15.7. The quantitative estimate of drug-likeness (QED) is 0.270. The molecular formula is C26H19NO2. The Morgan fingerprint density at radius 2 is 1.34 bits per heavy atom. The third-order valence-electron chi connectivity index (χ3n) is 5.18. The highest BCUT2D eigenvalue weighted by molar-refractivity contribution is 6.07. The Morgan fingerprint density at radius 1 is 0.655 bits per heavy atom. The summed E-state index contributed by atoms with van der Waals surface area (Å²) >= 11 is 0. The van der Waals surface area contributed by atoms with E-state index < -0.39 is 0 Å². The fourth-order valence-corrected chi connectivity index (χ4v) is 3.77. The highest BCUT2D eigenvalue weighted by Crippen LogP contribution is 2.42. The van der Waals surface area contributed by atoms with Crippen LogP contribution in [0.3, 0.4) is 0 Å². The highest BCUT2D eigenvalue weighted by atomic mass is 16.5. The van der Waals surface area contributed by atoms with Gasteiger partial charge in [-0.2, -0.15) is 0 Å². The van der Waals surface area contributed by atoms with Crippen LogP contribution in [-0.2, 0) is 0 Å². The predicted octanol–water partition coefficient (Wildman–Crippen LogP) is 6.74. The van der Waals surface area contributed by atoms with Gasteiger partial charge in [-0.1, -0.05) is 72.8 Å². The second kappa shape index (κ2) is 6.88. The van der Waals surface area contributed by atoms with Gasteiger partial charge < -0.3 is 15.6 Å². The van der Waals surface area contributed by atoms with Crippen molar-refractivity contribution in [2.75, 3.05) is 5.73 Å². The molecule has 0 aliphatic carbocycles. The number of rotatable bonds is 3. The summed E-state index contributed by atoms with van der Waals surface area (Å²) in [6.07, 6.45) is 0. The summed E-state index contributed by atoms with van der Waals surface area (Å²) in [5, 5.41) is 14.6. The normalized spacial score (nSPS) is 11.0. The number of hydrogen-bond donors (Lipinski definition) is 2. The second-order valence-electron chi connectivity index (χ2n) is 7.01. The fourth-order valence-electron chi connectivity index (χ4n) is 3.77. The molecule has 29 heavy (non-hydrogen) atoms. The van der Waals surface area contributed by atoms with Gasteiger partial charge in [0.1, 0.15) is 17.2 Å². The van der Waals surface area contributed by atoms with Crippen molar-refractivity contribution in [1.82, 2.24) is 0 Å². The van der Waals surface area contributed by atoms with Gasteiger partial charge in [0.2, 0.25) is 0 Å². The minimum absolute atomic E-state index is 0.00926. The van der Waals surface area contributed by atoms with Crippen LogP contribution in [0.25, 0.3) is 32.7 Å². The maximum atomic E-state index is 9.97. The number of benzene rings is 5. The van der Waals surface area contributed by atoms with Gasteiger partial charge in [0.15, 0.2) is 0 Å². The number of nitrogen functional groups attached to an aromatic ring is 1. The van der Waals surface area contributed by atoms with Crippen LogP contribution < -0.4 is 10.5 Å². The number of phenolic OH excluding ortho intramolecular Hbond substituents is 1. The number of fused-ring (bicyclic) bond motifs is 2. The third-order valence-corrected chi connectivity index (χ3v) is 5.18. The molecule has 0 radical (unpaired) electrons. The molecule has 140 valence electrons. The Labute approximate surface area is 168 Å². The topological polar surface area (TPSA) is 55.5 Å². The molecule has 3 heteroatoms. The lowest BCUT2D eigenvalue weighted by atomic mass is 9.93. The zero-order valence-electron chi connectivity index (χ0n) is 15.7. The van der Waals surface area contributed by atoms with Crippen molar-refractivity contribution in [3.05, 3.63) is 97.1 Å². The van der Waals surface area contributed by atoms with E-state index in [4.69, 9.17) is 10.5 Å². The standard InChI is InChI=1S/C26H19NO2/c27-23-14-13-19(16-24(23)28)29-25-15-12-18-7-2-4-10-21(18)26(25)22-11-5-8-17-6-1-3-9-20(17)22/h1-16,28H,27H2. The van der Waals surface area contributed by atoms with Crippen LogP contribution >= 0.6 is 0 Å². The van der Waals surface area contributed by atoms with Crippen LogP contribution in [-0.4, -0.2) is 5.11 Å². The SMILES string of the molecule is Nc1ccc(Oc2ccc3ccccc3c2-c2cccc3ccccc23)cc1O. The average molecular weight is 377 g/mol. The van der Waals surface area contributed by atoms with E-state index in [0.717, 1.165) is 33.0 Å². The maximum Gasteiger partial charge on any atom is 0.142 e. The van der Waals surface area contributed by atoms with E-state index >= 15 is 0 Å². The van der Waals surface area contributed by atoms with Crippen molar-refractivity contribution in [3.63, 3.8) is 0 Å². The molecule has 3 nitrogen and oxygen atoms in total. The summed E-state index contributed by atoms with van der Waals surface area (Å²) in [5.74, 6) is 1.27. The molecule has 0 spiro atoms. The minimum atomic E-state index is 0.00926. The van der Waals surface area contributed by atoms with Gasteiger partial charge in [0.25, 0.3) is 0 Å². The van der Waals surface area contributed by atoms with E-state index in [-0.39, 0.29) is 5.75 Å². The molecule has 0 fully saturated rings. The average Bonchev–Trinajstić information content (AvgIpc) is 2.76. The van der Waals surface area contributed by atoms with Gasteiger partial charge in [-0.05, 0) is 45.3 Å². The number of ether oxygens (including phenoxy) is 1. The Hall–Kier alpha value is -3.98. The van der Waals surface area contributed by atoms with Gasteiger partial charge >= 0.3 is 0 Å². The van der Waals surface area contributed by atoms with Crippen LogP contribution in [0.5, 0.6) is 17.2 Å². The summed E-state index contributed by atoms with van der Waals surface area (Å²) in [4.78, 5) is 0. The summed E-state index contributed by atoms with van der Waals surface area (Å²) in [6, 6.07) is 31.9. The number of hydrogen-bond acceptors (Lipinski definition) is 3. The third kappa shape index (κ3) is 3.03. The van der Waals surface area contributed by atoms with Gasteiger partial charge in [-0.3, -0.25) is 0 Å². The summed E-state index contributed by atoms with van der Waals surface area (Å²) in [6.45, 7) is 0. The molecule has 0 bridgehead atoms. The van der Waals surface area contributed by atoms with Crippen molar-refractivity contribution < 1.29 is 9.84 Å². The number of phenols is 1. The first-order chi connectivity index (χ1) is 14.2. The predicted molar refractivity (Wildman–Crippen MR) is 119 cm³/mol. The maximum absolute atomic E-state index is 9.97. The summed E-state index contributed by atoms with van der Waals surface area (Å²) < 4.78 is 6.24. The molecule has 0 unspecified atom stereocenters. The van der Waals surface area contributed by atoms with Crippen molar-refractivity contribution in [1.29, 1.82) is 0 Å². The molecule has 5 aromatic rings. The van der Waals surface area contributed by atoms with Crippen LogP contribution in [0.2, 0.25) is 0 Å². The molecule has 0 aromatic heterocycles. The minimum Gasteiger partial charge on any atom is -0.506 e. The Bertz CT molecular complexity index is 1350. The first-order valence-corrected chi connectivity index (χ1v) is 9.47. The van der Waals surface area contributed by atoms with E-state index in [0.29, 0.717) is 11.4 Å². The molecular weight excluding hydrogens is 358 g/mol. The van der Waals surface area contributed by atoms with Crippen LogP contribution in [0, 0.1) is 0 Å². The van der Waals surface area contributed by atoms with E-state index in [1.54, 1.807) is 12.1 Å². The van der Waals surface area contributed by atoms with E-state index in [1.807, 2.05) is 24.3 Å². The number of aromatic hydroxyl groups is 1. The first kappa shape index (κ1) is 17.1. The Morgan fingerprint density at radius 3 is 2.14 bits per heavy atom. The Balaban J connectivity index is 1.78. The Kier molecular flexibility index (Phi) is 4.07. The van der Waals surface area contributed by atoms with Crippen LogP contribution in [0.1, 0.15) is 0 Å². The fraction of sp³-hybridized carbons (Fsp3) is 0. The molecule has 0 atom stereocenters. The van der Waals surface area contributed by atoms with Gasteiger partial charge in [0.05, 0.1) is 5.69 Å². The lowest BCUT2D eigenvalue weighted by Gasteiger charge is -2.16. The van der Waals surface area contributed by atoms with E-state index in [2.05, 4.69) is 54.6 Å². The van der Waals surface area contributed by atoms with E-state index in [1.165, 1.54) is 11.5 Å². The number of nitrogens with two attached hydrogens (primary N) is 1. The highest BCUT2D eigenvalue weighted by Gasteiger charge is 2.15. The lowest BCUT2D eigenvalue weighted by molar-refractivity contribution is 0.458. The molecule has 0 aliphatic rings. The van der Waals surface area contributed by atoms with Crippen molar-refractivity contribution in [2.24, 2.45) is 0 Å².